The van der Waals surface area contributed by atoms with Gasteiger partial charge in [-0.15, -0.1) is 11.8 Å². The number of thioether (sulfide) groups is 1. The average molecular weight is 489 g/mol. The summed E-state index contributed by atoms with van der Waals surface area (Å²) < 4.78 is 0.992. The van der Waals surface area contributed by atoms with Crippen molar-refractivity contribution in [3.8, 4) is 0 Å². The maximum Gasteiger partial charge on any atom is 0.242 e. The van der Waals surface area contributed by atoms with Gasteiger partial charge in [0, 0.05) is 22.0 Å². The van der Waals surface area contributed by atoms with E-state index in [1.807, 2.05) is 61.5 Å². The maximum atomic E-state index is 13.1. The van der Waals surface area contributed by atoms with Gasteiger partial charge in [-0.1, -0.05) is 65.5 Å². The van der Waals surface area contributed by atoms with E-state index in [2.05, 4.69) is 21.2 Å². The summed E-state index contributed by atoms with van der Waals surface area (Å²) in [5.41, 5.74) is 1.01. The molecule has 2 aromatic rings. The molecule has 1 saturated carbocycles. The molecule has 2 aromatic carbocycles. The van der Waals surface area contributed by atoms with Gasteiger partial charge in [-0.2, -0.15) is 0 Å². The highest BCUT2D eigenvalue weighted by molar-refractivity contribution is 9.10. The molecule has 1 aliphatic carbocycles. The summed E-state index contributed by atoms with van der Waals surface area (Å²) in [4.78, 5) is 28.9. The first-order valence-electron chi connectivity index (χ1n) is 10.5. The van der Waals surface area contributed by atoms with Crippen LogP contribution in [0.1, 0.15) is 44.6 Å². The third kappa shape index (κ3) is 6.88. The molecule has 0 unspecified atom stereocenters. The lowest BCUT2D eigenvalue weighted by molar-refractivity contribution is -0.139. The summed E-state index contributed by atoms with van der Waals surface area (Å²) in [7, 11) is 0. The molecular formula is C24H29BrN2O2S. The molecule has 6 heteroatoms. The zero-order valence-electron chi connectivity index (χ0n) is 17.4. The molecule has 1 fully saturated rings. The second kappa shape index (κ2) is 11.6. The molecule has 1 aliphatic rings. The topological polar surface area (TPSA) is 49.4 Å². The molecule has 0 aliphatic heterocycles. The fourth-order valence-electron chi connectivity index (χ4n) is 3.68. The Morgan fingerprint density at radius 2 is 1.73 bits per heavy atom. The van der Waals surface area contributed by atoms with E-state index in [0.717, 1.165) is 40.6 Å². The van der Waals surface area contributed by atoms with Gasteiger partial charge in [-0.05, 0) is 49.6 Å². The van der Waals surface area contributed by atoms with Gasteiger partial charge >= 0.3 is 0 Å². The van der Waals surface area contributed by atoms with Crippen molar-refractivity contribution in [3.63, 3.8) is 0 Å². The first-order valence-corrected chi connectivity index (χ1v) is 12.3. The number of rotatable bonds is 8. The lowest BCUT2D eigenvalue weighted by Crippen LogP contribution is -2.50. The summed E-state index contributed by atoms with van der Waals surface area (Å²) in [6.07, 6.45) is 5.63. The fourth-order valence-corrected chi connectivity index (χ4v) is 4.75. The Balaban J connectivity index is 1.68. The smallest absolute Gasteiger partial charge is 0.242 e. The molecule has 1 atom stereocenters. The van der Waals surface area contributed by atoms with E-state index in [-0.39, 0.29) is 17.9 Å². The van der Waals surface area contributed by atoms with Crippen molar-refractivity contribution in [1.29, 1.82) is 0 Å². The van der Waals surface area contributed by atoms with E-state index in [0.29, 0.717) is 12.3 Å². The third-order valence-corrected chi connectivity index (χ3v) is 7.02. The summed E-state index contributed by atoms with van der Waals surface area (Å²) in [5.74, 6) is 0.219. The van der Waals surface area contributed by atoms with Crippen LogP contribution in [0.3, 0.4) is 0 Å². The minimum Gasteiger partial charge on any atom is -0.352 e. The molecule has 3 rings (SSSR count). The van der Waals surface area contributed by atoms with Crippen LogP contribution in [-0.4, -0.2) is 34.6 Å². The molecule has 0 saturated heterocycles. The molecular weight excluding hydrogens is 460 g/mol. The molecule has 0 spiro atoms. The summed E-state index contributed by atoms with van der Waals surface area (Å²) in [5, 5.41) is 3.18. The fraction of sp³-hybridized carbons (Fsp3) is 0.417. The number of benzene rings is 2. The highest BCUT2D eigenvalue weighted by atomic mass is 79.9. The normalized spacial score (nSPS) is 15.4. The Bertz CT molecular complexity index is 823. The molecule has 4 nitrogen and oxygen atoms in total. The van der Waals surface area contributed by atoms with E-state index in [1.165, 1.54) is 18.2 Å². The monoisotopic (exact) mass is 488 g/mol. The quantitative estimate of drug-likeness (QED) is 0.505. The maximum absolute atomic E-state index is 13.1. The Kier molecular flexibility index (Phi) is 8.82. The van der Waals surface area contributed by atoms with Crippen LogP contribution in [0.5, 0.6) is 0 Å². The number of nitrogens with one attached hydrogen (secondary N) is 1. The van der Waals surface area contributed by atoms with Crippen LogP contribution in [0, 0.1) is 0 Å². The summed E-state index contributed by atoms with van der Waals surface area (Å²) >= 11 is 4.95. The van der Waals surface area contributed by atoms with E-state index in [4.69, 9.17) is 0 Å². The Labute approximate surface area is 191 Å². The number of hydrogen-bond donors (Lipinski definition) is 1. The second-order valence-electron chi connectivity index (χ2n) is 7.77. The number of carbonyl (C=O) groups is 2. The van der Waals surface area contributed by atoms with Crippen LogP contribution >= 0.6 is 27.7 Å². The van der Waals surface area contributed by atoms with Crippen molar-refractivity contribution in [2.75, 3.05) is 5.75 Å². The van der Waals surface area contributed by atoms with E-state index in [1.54, 1.807) is 4.90 Å². The molecule has 30 heavy (non-hydrogen) atoms. The van der Waals surface area contributed by atoms with Crippen molar-refractivity contribution in [3.05, 3.63) is 64.6 Å². The molecule has 2 amide bonds. The van der Waals surface area contributed by atoms with Gasteiger partial charge in [0.25, 0.3) is 0 Å². The number of amides is 2. The first kappa shape index (κ1) is 22.9. The van der Waals surface area contributed by atoms with Gasteiger partial charge < -0.3 is 10.2 Å². The van der Waals surface area contributed by atoms with E-state index >= 15 is 0 Å². The van der Waals surface area contributed by atoms with Gasteiger partial charge in [0.15, 0.2) is 0 Å². The Morgan fingerprint density at radius 3 is 2.40 bits per heavy atom. The largest absolute Gasteiger partial charge is 0.352 e. The number of nitrogens with zero attached hydrogens (tertiary/aromatic N) is 1. The SMILES string of the molecule is C[C@@H](C(=O)NC1CCCCC1)N(Cc1ccc(Br)cc1)C(=O)CSc1ccccc1. The van der Waals surface area contributed by atoms with Crippen molar-refractivity contribution in [1.82, 2.24) is 10.2 Å². The van der Waals surface area contributed by atoms with Crippen LogP contribution < -0.4 is 5.32 Å². The van der Waals surface area contributed by atoms with Crippen molar-refractivity contribution < 1.29 is 9.59 Å². The highest BCUT2D eigenvalue weighted by Gasteiger charge is 2.28. The van der Waals surface area contributed by atoms with E-state index < -0.39 is 6.04 Å². The second-order valence-corrected chi connectivity index (χ2v) is 9.73. The zero-order chi connectivity index (χ0) is 21.3. The van der Waals surface area contributed by atoms with Gasteiger partial charge in [0.05, 0.1) is 5.75 Å². The minimum atomic E-state index is -0.514. The number of carbonyl (C=O) groups excluding carboxylic acids is 2. The van der Waals surface area contributed by atoms with E-state index in [9.17, 15) is 9.59 Å². The van der Waals surface area contributed by atoms with Crippen molar-refractivity contribution in [2.24, 2.45) is 0 Å². The molecule has 0 heterocycles. The van der Waals surface area contributed by atoms with Gasteiger partial charge in [0.1, 0.15) is 6.04 Å². The van der Waals surface area contributed by atoms with Crippen molar-refractivity contribution in [2.45, 2.75) is 62.6 Å². The predicted molar refractivity (Wildman–Crippen MR) is 126 cm³/mol. The average Bonchev–Trinajstić information content (AvgIpc) is 2.78. The predicted octanol–water partition coefficient (Wildman–Crippen LogP) is 5.41. The Morgan fingerprint density at radius 1 is 1.07 bits per heavy atom. The lowest BCUT2D eigenvalue weighted by Gasteiger charge is -2.31. The standard InChI is InChI=1S/C24H29BrN2O2S/c1-18(24(29)26-21-8-4-2-5-9-21)27(16-19-12-14-20(25)15-13-19)23(28)17-30-22-10-6-3-7-11-22/h3,6-7,10-15,18,21H,2,4-5,8-9,16-17H2,1H3,(H,26,29)/t18-/m0/s1. The molecule has 0 radical (unpaired) electrons. The molecule has 1 N–H and O–H groups in total. The zero-order valence-corrected chi connectivity index (χ0v) is 19.8. The molecule has 0 bridgehead atoms. The number of hydrogen-bond acceptors (Lipinski definition) is 3. The molecule has 160 valence electrons. The minimum absolute atomic E-state index is 0.0296. The third-order valence-electron chi connectivity index (χ3n) is 5.49. The molecule has 0 aromatic heterocycles. The van der Waals surface area contributed by atoms with Crippen LogP contribution in [0.15, 0.2) is 64.0 Å². The van der Waals surface area contributed by atoms with Crippen LogP contribution in [0.4, 0.5) is 0 Å². The Hall–Kier alpha value is -1.79. The van der Waals surface area contributed by atoms with Gasteiger partial charge in [0.2, 0.25) is 11.8 Å². The number of halogens is 1. The van der Waals surface area contributed by atoms with Crippen molar-refractivity contribution >= 4 is 39.5 Å². The summed E-state index contributed by atoms with van der Waals surface area (Å²) in [6.45, 7) is 2.25. The summed E-state index contributed by atoms with van der Waals surface area (Å²) in [6, 6.07) is 17.5. The van der Waals surface area contributed by atoms with Gasteiger partial charge in [-0.25, -0.2) is 0 Å². The highest BCUT2D eigenvalue weighted by Crippen LogP contribution is 2.21. The lowest BCUT2D eigenvalue weighted by atomic mass is 9.95. The van der Waals surface area contributed by atoms with Crippen LogP contribution in [-0.2, 0) is 16.1 Å². The van der Waals surface area contributed by atoms with Gasteiger partial charge in [-0.3, -0.25) is 9.59 Å². The van der Waals surface area contributed by atoms with Crippen LogP contribution in [0.2, 0.25) is 0 Å². The first-order chi connectivity index (χ1) is 14.5. The van der Waals surface area contributed by atoms with Crippen LogP contribution in [0.25, 0.3) is 0 Å².